The predicted octanol–water partition coefficient (Wildman–Crippen LogP) is 1.14. The summed E-state index contributed by atoms with van der Waals surface area (Å²) in [7, 11) is 0. The molecule has 0 unspecified atom stereocenters. The van der Waals surface area contributed by atoms with Crippen molar-refractivity contribution in [2.24, 2.45) is 5.84 Å². The van der Waals surface area contributed by atoms with Crippen LogP contribution in [0, 0.1) is 0 Å². The van der Waals surface area contributed by atoms with Crippen molar-refractivity contribution in [2.45, 2.75) is 19.4 Å². The monoisotopic (exact) mass is 301 g/mol. The Labute approximate surface area is 109 Å². The van der Waals surface area contributed by atoms with Gasteiger partial charge in [-0.05, 0) is 29.8 Å². The van der Waals surface area contributed by atoms with Crippen molar-refractivity contribution in [2.75, 3.05) is 30.1 Å². The summed E-state index contributed by atoms with van der Waals surface area (Å²) in [4.78, 5) is 10.6. The van der Waals surface area contributed by atoms with Gasteiger partial charge < -0.3 is 15.1 Å². The van der Waals surface area contributed by atoms with Crippen molar-refractivity contribution >= 4 is 27.6 Å². The molecule has 0 atom stereocenters. The average Bonchev–Trinajstić information content (AvgIpc) is 2.30. The third kappa shape index (κ3) is 2.36. The maximum absolute atomic E-state index is 5.49. The summed E-state index contributed by atoms with van der Waals surface area (Å²) < 4.78 is 6.27. The second-order valence-corrected chi connectivity index (χ2v) is 5.31. The van der Waals surface area contributed by atoms with E-state index in [-0.39, 0.29) is 5.54 Å². The lowest BCUT2D eigenvalue weighted by Crippen LogP contribution is -2.53. The topological polar surface area (TPSA) is 76.3 Å². The number of rotatable bonds is 2. The maximum atomic E-state index is 5.49. The Hall–Kier alpha value is -0.920. The van der Waals surface area contributed by atoms with Crippen molar-refractivity contribution in [1.82, 2.24) is 9.97 Å². The largest absolute Gasteiger partial charge is 0.377 e. The van der Waals surface area contributed by atoms with E-state index in [9.17, 15) is 0 Å². The second kappa shape index (κ2) is 4.75. The van der Waals surface area contributed by atoms with Gasteiger partial charge in [0.2, 0.25) is 0 Å². The summed E-state index contributed by atoms with van der Waals surface area (Å²) in [5.74, 6) is 6.82. The summed E-state index contributed by atoms with van der Waals surface area (Å²) in [6.07, 6.45) is 1.50. The molecule has 0 saturated carbocycles. The molecule has 1 aliphatic rings. The zero-order valence-corrected chi connectivity index (χ0v) is 11.5. The van der Waals surface area contributed by atoms with Crippen LogP contribution in [0.4, 0.5) is 11.6 Å². The van der Waals surface area contributed by atoms with E-state index in [2.05, 4.69) is 50.1 Å². The highest BCUT2D eigenvalue weighted by atomic mass is 79.9. The lowest BCUT2D eigenvalue weighted by molar-refractivity contribution is 0.0638. The summed E-state index contributed by atoms with van der Waals surface area (Å²) in [6.45, 7) is 6.42. The first kappa shape index (κ1) is 12.5. The number of hydrogen-bond acceptors (Lipinski definition) is 6. The predicted molar refractivity (Wildman–Crippen MR) is 69.8 cm³/mol. The molecule has 0 amide bonds. The highest BCUT2D eigenvalue weighted by Gasteiger charge is 2.33. The Morgan fingerprint density at radius 1 is 1.53 bits per heavy atom. The number of morpholine rings is 1. The number of anilines is 2. The maximum Gasteiger partial charge on any atom is 0.159 e. The fraction of sp³-hybridized carbons (Fsp3) is 0.600. The van der Waals surface area contributed by atoms with Crippen molar-refractivity contribution < 1.29 is 4.74 Å². The molecule has 0 spiro atoms. The van der Waals surface area contributed by atoms with Crippen LogP contribution in [0.5, 0.6) is 0 Å². The van der Waals surface area contributed by atoms with Crippen LogP contribution in [0.25, 0.3) is 0 Å². The molecule has 0 aromatic carbocycles. The molecule has 0 bridgehead atoms. The first-order valence-corrected chi connectivity index (χ1v) is 6.18. The second-order valence-electron chi connectivity index (χ2n) is 4.52. The number of nitrogens with zero attached hydrogens (tertiary/aromatic N) is 3. The van der Waals surface area contributed by atoms with Crippen molar-refractivity contribution in [3.05, 3.63) is 10.8 Å². The minimum atomic E-state index is -0.0962. The molecule has 0 aliphatic carbocycles. The van der Waals surface area contributed by atoms with Gasteiger partial charge in [-0.15, -0.1) is 0 Å². The Bertz CT molecular complexity index is 412. The van der Waals surface area contributed by atoms with Crippen LogP contribution in [0.3, 0.4) is 0 Å². The van der Waals surface area contributed by atoms with Gasteiger partial charge in [-0.1, -0.05) is 0 Å². The minimum Gasteiger partial charge on any atom is -0.377 e. The fourth-order valence-corrected chi connectivity index (χ4v) is 2.43. The molecule has 3 N–H and O–H groups in total. The van der Waals surface area contributed by atoms with Crippen LogP contribution in [-0.2, 0) is 4.74 Å². The smallest absolute Gasteiger partial charge is 0.159 e. The molecule has 2 rings (SSSR count). The van der Waals surface area contributed by atoms with Gasteiger partial charge in [-0.3, -0.25) is 0 Å². The van der Waals surface area contributed by atoms with Gasteiger partial charge in [0.25, 0.3) is 0 Å². The Morgan fingerprint density at radius 3 is 2.94 bits per heavy atom. The van der Waals surface area contributed by atoms with Crippen LogP contribution in [0.2, 0.25) is 0 Å². The van der Waals surface area contributed by atoms with E-state index in [0.29, 0.717) is 19.0 Å². The summed E-state index contributed by atoms with van der Waals surface area (Å²) in [5.41, 5.74) is 2.45. The normalized spacial score (nSPS) is 19.2. The summed E-state index contributed by atoms with van der Waals surface area (Å²) >= 11 is 3.48. The first-order valence-electron chi connectivity index (χ1n) is 5.39. The van der Waals surface area contributed by atoms with E-state index < -0.39 is 0 Å². The standard InChI is InChI=1S/C10H16BrN5O/c1-10(2)5-17-4-3-16(10)9-7(11)8(15-12)13-6-14-9/h6H,3-5,12H2,1-2H3,(H,13,14,15). The summed E-state index contributed by atoms with van der Waals surface area (Å²) in [5, 5.41) is 0. The number of hydrazine groups is 1. The lowest BCUT2D eigenvalue weighted by atomic mass is 10.0. The third-order valence-corrected chi connectivity index (χ3v) is 3.54. The van der Waals surface area contributed by atoms with E-state index in [1.165, 1.54) is 6.33 Å². The third-order valence-electron chi connectivity index (χ3n) is 2.81. The zero-order chi connectivity index (χ0) is 12.5. The van der Waals surface area contributed by atoms with Crippen molar-refractivity contribution in [3.8, 4) is 0 Å². The molecular weight excluding hydrogens is 286 g/mol. The van der Waals surface area contributed by atoms with Crippen molar-refractivity contribution in [3.63, 3.8) is 0 Å². The first-order chi connectivity index (χ1) is 8.06. The number of hydrogen-bond donors (Lipinski definition) is 2. The molecule has 1 aliphatic heterocycles. The number of ether oxygens (including phenoxy) is 1. The molecule has 1 fully saturated rings. The summed E-state index contributed by atoms with van der Waals surface area (Å²) in [6, 6.07) is 0. The van der Waals surface area contributed by atoms with E-state index in [1.807, 2.05) is 0 Å². The van der Waals surface area contributed by atoms with Gasteiger partial charge in [0, 0.05) is 6.54 Å². The molecular formula is C10H16BrN5O. The fourth-order valence-electron chi connectivity index (χ4n) is 1.90. The molecule has 2 heterocycles. The van der Waals surface area contributed by atoms with E-state index in [0.717, 1.165) is 16.8 Å². The molecule has 17 heavy (non-hydrogen) atoms. The number of nitrogens with one attached hydrogen (secondary N) is 1. The highest BCUT2D eigenvalue weighted by Crippen LogP contribution is 2.34. The van der Waals surface area contributed by atoms with Crippen LogP contribution >= 0.6 is 15.9 Å². The zero-order valence-electron chi connectivity index (χ0n) is 9.90. The van der Waals surface area contributed by atoms with Crippen molar-refractivity contribution in [1.29, 1.82) is 0 Å². The SMILES string of the molecule is CC1(C)COCCN1c1ncnc(NN)c1Br. The van der Waals surface area contributed by atoms with E-state index in [4.69, 9.17) is 10.6 Å². The van der Waals surface area contributed by atoms with Crippen LogP contribution < -0.4 is 16.2 Å². The van der Waals surface area contributed by atoms with Crippen LogP contribution in [0.1, 0.15) is 13.8 Å². The molecule has 94 valence electrons. The van der Waals surface area contributed by atoms with Gasteiger partial charge in [-0.25, -0.2) is 15.8 Å². The molecule has 0 radical (unpaired) electrons. The lowest BCUT2D eigenvalue weighted by Gasteiger charge is -2.43. The number of aromatic nitrogens is 2. The van der Waals surface area contributed by atoms with Gasteiger partial charge >= 0.3 is 0 Å². The number of nitrogens with two attached hydrogens (primary N) is 1. The Morgan fingerprint density at radius 2 is 2.29 bits per heavy atom. The van der Waals surface area contributed by atoms with Gasteiger partial charge in [0.05, 0.1) is 18.8 Å². The molecule has 1 aromatic heterocycles. The average molecular weight is 302 g/mol. The Kier molecular flexibility index (Phi) is 3.50. The number of halogens is 1. The highest BCUT2D eigenvalue weighted by molar-refractivity contribution is 9.10. The molecule has 6 nitrogen and oxygen atoms in total. The van der Waals surface area contributed by atoms with Gasteiger partial charge in [-0.2, -0.15) is 0 Å². The Balaban J connectivity index is 2.39. The number of nitrogen functional groups attached to an aromatic ring is 1. The molecule has 1 saturated heterocycles. The molecule has 1 aromatic rings. The quantitative estimate of drug-likeness (QED) is 0.630. The van der Waals surface area contributed by atoms with Gasteiger partial charge in [0.1, 0.15) is 16.6 Å². The van der Waals surface area contributed by atoms with Crippen LogP contribution in [0.15, 0.2) is 10.8 Å². The van der Waals surface area contributed by atoms with Crippen LogP contribution in [-0.4, -0.2) is 35.3 Å². The van der Waals surface area contributed by atoms with Gasteiger partial charge in [0.15, 0.2) is 5.82 Å². The minimum absolute atomic E-state index is 0.0962. The molecule has 7 heteroatoms. The van der Waals surface area contributed by atoms with E-state index in [1.54, 1.807) is 0 Å². The van der Waals surface area contributed by atoms with E-state index >= 15 is 0 Å².